The van der Waals surface area contributed by atoms with Crippen molar-refractivity contribution in [3.05, 3.63) is 60.2 Å². The lowest BCUT2D eigenvalue weighted by Gasteiger charge is -2.56. The number of halogens is 1. The predicted octanol–water partition coefficient (Wildman–Crippen LogP) is 21.2. The van der Waals surface area contributed by atoms with E-state index in [-0.39, 0.29) is 97.2 Å². The molecular formula is C94H169ClO22Si5. The van der Waals surface area contributed by atoms with E-state index in [9.17, 15) is 29.7 Å². The number of aliphatic carboxylic acids is 1. The van der Waals surface area contributed by atoms with Gasteiger partial charge in [0.15, 0.2) is 58.9 Å². The van der Waals surface area contributed by atoms with Crippen LogP contribution in [0.3, 0.4) is 0 Å². The Hall–Kier alpha value is -2.45. The molecule has 0 aromatic rings. The molecule has 22 nitrogen and oxygen atoms in total. The van der Waals surface area contributed by atoms with Gasteiger partial charge < -0.3 is 84.8 Å². The van der Waals surface area contributed by atoms with E-state index in [1.54, 1.807) is 27.2 Å². The van der Waals surface area contributed by atoms with Crippen LogP contribution in [0.25, 0.3) is 0 Å². The van der Waals surface area contributed by atoms with Crippen LogP contribution in [0.1, 0.15) is 261 Å². The standard InChI is InChI=1S/C94H169ClO22Si5/c1-32-120(33-2,34-3)114-72(47-46-64(12)95)48-62(10)49-81-85(102)84(101)68(16)87(107-81)88(116-121(35-4,36-5)37-6)94(104-27)60-82(115-119(30,31)90(22,23)24)67(15)80(112-94)45-43-41-42-44-71-51-78(113-118(28,29)89(19,20)21)59-92(108-71)57-75(103-26)52-73(109-92)54-79(98)66(14)86(106-70(18)97)65(13)63(11)50-77-56-91(25,117-122(38-7,39-8)40-9)61-93(111-77)58-76(105-69(17)96)53-74(110-93)55-83(99)100/h42,44,46-47,65-68,71-78,80-82,84-88,101-102H,10-12,32-41,43,45,48-61H2,1-9,13-31H3,(H,99,100)/b44-42-,47-46+/t65-,66-,67+,68-,71+,72-,73+,74-,75+,76+,77+,78+,80-,81-,82+,84-,85-,86+,87-,88+,91+,92+,93-,94-/m1/s1. The Labute approximate surface area is 747 Å². The zero-order valence-electron chi connectivity index (χ0n) is 80.8. The molecule has 0 aromatic heterocycles. The summed E-state index contributed by atoms with van der Waals surface area (Å²) in [6.07, 6.45) is 3.46. The van der Waals surface area contributed by atoms with Crippen LogP contribution < -0.4 is 0 Å². The van der Waals surface area contributed by atoms with Crippen molar-refractivity contribution in [2.24, 2.45) is 23.7 Å². The highest BCUT2D eigenvalue weighted by molar-refractivity contribution is 6.75. The summed E-state index contributed by atoms with van der Waals surface area (Å²) < 4.78 is 106. The van der Waals surface area contributed by atoms with E-state index >= 15 is 4.79 Å². The van der Waals surface area contributed by atoms with Gasteiger partial charge in [0, 0.05) is 115 Å². The van der Waals surface area contributed by atoms with E-state index in [1.807, 2.05) is 19.9 Å². The molecular weight excluding hydrogens is 1660 g/mol. The maximum atomic E-state index is 15.3. The van der Waals surface area contributed by atoms with Gasteiger partial charge in [-0.05, 0) is 142 Å². The largest absolute Gasteiger partial charge is 0.481 e. The first-order valence-electron chi connectivity index (χ1n) is 46.7. The lowest BCUT2D eigenvalue weighted by molar-refractivity contribution is -0.354. The smallest absolute Gasteiger partial charge is 0.305 e. The van der Waals surface area contributed by atoms with Gasteiger partial charge in [0.2, 0.25) is 0 Å². The number of aliphatic hydroxyl groups excluding tert-OH is 2. The van der Waals surface area contributed by atoms with Crippen molar-refractivity contribution in [1.82, 2.24) is 0 Å². The summed E-state index contributed by atoms with van der Waals surface area (Å²) in [5.41, 5.74) is 0.697. The molecule has 0 unspecified atom stereocenters. The number of carboxylic acid groups (broad SMARTS) is 1. The van der Waals surface area contributed by atoms with Crippen LogP contribution in [-0.2, 0) is 88.7 Å². The Bertz CT molecular complexity index is 3390. The molecule has 6 saturated heterocycles. The van der Waals surface area contributed by atoms with Crippen LogP contribution in [0.15, 0.2) is 60.2 Å². The Morgan fingerprint density at radius 3 is 1.70 bits per heavy atom. The molecule has 122 heavy (non-hydrogen) atoms. The number of ether oxygens (including phenoxy) is 10. The third-order valence-electron chi connectivity index (χ3n) is 29.9. The van der Waals surface area contributed by atoms with Crippen LogP contribution >= 0.6 is 11.6 Å². The van der Waals surface area contributed by atoms with Gasteiger partial charge in [0.1, 0.15) is 30.2 Å². The third-order valence-corrected chi connectivity index (χ3v) is 53.1. The van der Waals surface area contributed by atoms with E-state index in [2.05, 4.69) is 176 Å². The van der Waals surface area contributed by atoms with Crippen molar-refractivity contribution in [3.63, 3.8) is 0 Å². The summed E-state index contributed by atoms with van der Waals surface area (Å²) in [5.74, 6) is -8.29. The van der Waals surface area contributed by atoms with E-state index < -0.39 is 167 Å². The number of carboxylic acids is 1. The third kappa shape index (κ3) is 28.5. The van der Waals surface area contributed by atoms with E-state index in [0.717, 1.165) is 66.4 Å². The molecule has 6 heterocycles. The highest BCUT2D eigenvalue weighted by Crippen LogP contribution is 2.53. The van der Waals surface area contributed by atoms with Gasteiger partial charge in [-0.25, -0.2) is 0 Å². The second kappa shape index (κ2) is 45.6. The first-order chi connectivity index (χ1) is 56.7. The van der Waals surface area contributed by atoms with Crippen LogP contribution in [0.2, 0.25) is 90.7 Å². The van der Waals surface area contributed by atoms with Gasteiger partial charge in [-0.3, -0.25) is 19.2 Å². The lowest BCUT2D eigenvalue weighted by atomic mass is 9.78. The first-order valence-corrected chi connectivity index (χ1v) is 60.5. The summed E-state index contributed by atoms with van der Waals surface area (Å²) in [6.45, 7) is 68.1. The van der Waals surface area contributed by atoms with Crippen molar-refractivity contribution in [2.45, 2.75) is 473 Å². The minimum absolute atomic E-state index is 0.0210. The maximum absolute atomic E-state index is 15.3. The normalized spacial score (nSPS) is 32.4. The zero-order valence-corrected chi connectivity index (χ0v) is 86.6. The maximum Gasteiger partial charge on any atom is 0.305 e. The topological polar surface area (TPSA) is 267 Å². The number of Topliss-reactive ketones (excluding diaryl/α,β-unsaturated/α-hetero) is 1. The highest BCUT2D eigenvalue weighted by Gasteiger charge is 2.62. The second-order valence-corrected chi connectivity index (χ2v) is 64.8. The summed E-state index contributed by atoms with van der Waals surface area (Å²) >= 11 is 6.33. The highest BCUT2D eigenvalue weighted by atomic mass is 35.5. The van der Waals surface area contributed by atoms with E-state index in [1.165, 1.54) is 13.8 Å². The number of carbonyl (C=O) groups excluding carboxylic acids is 3. The van der Waals surface area contributed by atoms with Crippen LogP contribution in [-0.4, -0.2) is 215 Å². The molecule has 6 aliphatic rings. The van der Waals surface area contributed by atoms with Gasteiger partial charge >= 0.3 is 17.9 Å². The molecule has 24 atom stereocenters. The zero-order chi connectivity index (χ0) is 91.9. The number of aliphatic hydroxyl groups is 2. The lowest BCUT2D eigenvalue weighted by Crippen LogP contribution is -2.69. The van der Waals surface area contributed by atoms with Gasteiger partial charge in [-0.2, -0.15) is 0 Å². The second-order valence-electron chi connectivity index (χ2n) is 40.7. The van der Waals surface area contributed by atoms with Gasteiger partial charge in [-0.1, -0.05) is 192 Å². The predicted molar refractivity (Wildman–Crippen MR) is 496 cm³/mol. The molecule has 0 radical (unpaired) electrons. The number of hydrogen-bond donors (Lipinski definition) is 3. The Kier molecular flexibility index (Phi) is 40.5. The van der Waals surface area contributed by atoms with Crippen molar-refractivity contribution in [3.8, 4) is 0 Å². The van der Waals surface area contributed by atoms with Crippen molar-refractivity contribution in [2.75, 3.05) is 14.2 Å². The number of esters is 2. The summed E-state index contributed by atoms with van der Waals surface area (Å²) in [5, 5.41) is 34.8. The average Bonchev–Trinajstić information content (AvgIpc) is 0.745. The fraction of sp³-hybridized carbons (Fsp3) is 0.851. The van der Waals surface area contributed by atoms with Crippen molar-refractivity contribution in [1.29, 1.82) is 0 Å². The van der Waals surface area contributed by atoms with Gasteiger partial charge in [-0.15, -0.1) is 0 Å². The van der Waals surface area contributed by atoms with Crippen LogP contribution in [0, 0.1) is 23.7 Å². The Morgan fingerprint density at radius 2 is 1.16 bits per heavy atom. The fourth-order valence-electron chi connectivity index (χ4n) is 19.7. The molecule has 6 rings (SSSR count). The number of hydrogen-bond acceptors (Lipinski definition) is 21. The Morgan fingerprint density at radius 1 is 0.615 bits per heavy atom. The van der Waals surface area contributed by atoms with Crippen molar-refractivity contribution >= 4 is 76.9 Å². The number of rotatable bonds is 46. The summed E-state index contributed by atoms with van der Waals surface area (Å²) in [6, 6.07) is 8.01. The molecule has 3 N–H and O–H groups in total. The number of ketones is 1. The summed E-state index contributed by atoms with van der Waals surface area (Å²) in [7, 11) is -8.47. The minimum Gasteiger partial charge on any atom is -0.481 e. The van der Waals surface area contributed by atoms with Crippen molar-refractivity contribution < 1.29 is 104 Å². The number of carbonyl (C=O) groups is 4. The van der Waals surface area contributed by atoms with Crippen LogP contribution in [0.5, 0.6) is 0 Å². The molecule has 0 aromatic carbocycles. The molecule has 0 saturated carbocycles. The number of methoxy groups -OCH3 is 2. The summed E-state index contributed by atoms with van der Waals surface area (Å²) in [4.78, 5) is 53.4. The molecule has 0 aliphatic carbocycles. The SMILES string of the molecule is C=C(Cl)/C=C/[C@H](CC(=C)C[C@H]1O[C@@H]([C@H](O[Si](CC)(CC)CC)[C@@]2(OC)C[C@H](O[Si](C)(C)C(C)(C)C)[C@@H](C)[C@@H](CCC/C=C\[C@H]3C[C@H](O[Si](C)(C)C(C)(C)C)C[C@@]4(C[C@@H](OC)C[C@@H](CC(=O)[C@@H](C)[C@@H](OC(C)=O)[C@H](C)C(=C)C[C@H]5C[C@](C)(O[Si](CC)(CC)CC)C[C@@]6(C[C@@H](OC(C)=O)C[C@H](CC(=O)O)O6)O5)O4)O3)O2)[C@H](C)[C@@H](O)[C@@H]1O)O[Si](CC)(CC)CC. The average molecular weight is 1830 g/mol. The van der Waals surface area contributed by atoms with E-state index in [0.29, 0.717) is 68.4 Å². The van der Waals surface area contributed by atoms with Gasteiger partial charge in [0.05, 0.1) is 91.2 Å². The molecule has 0 bridgehead atoms. The number of unbranched alkanes of at least 4 members (excludes halogenated alkanes) is 1. The van der Waals surface area contributed by atoms with E-state index in [4.69, 9.17) is 81.1 Å². The molecule has 6 aliphatic heterocycles. The fourth-order valence-corrected chi connectivity index (χ4v) is 31.3. The Balaban J connectivity index is 1.29. The number of allylic oxidation sites excluding steroid dienone is 3. The molecule has 28 heteroatoms. The molecule has 6 fully saturated rings. The monoisotopic (exact) mass is 1830 g/mol. The minimum atomic E-state index is -2.58. The first kappa shape index (κ1) is 108. The molecule has 704 valence electrons. The van der Waals surface area contributed by atoms with Gasteiger partial charge in [0.25, 0.3) is 0 Å². The molecule has 2 spiro atoms. The van der Waals surface area contributed by atoms with Crippen LogP contribution in [0.4, 0.5) is 0 Å². The quantitative estimate of drug-likeness (QED) is 0.0168. The molecule has 0 amide bonds.